The Hall–Kier alpha value is -1.95. The molecule has 0 unspecified atom stereocenters. The number of hydrogen-bond donors (Lipinski definition) is 1. The van der Waals surface area contributed by atoms with Crippen molar-refractivity contribution in [1.82, 2.24) is 24.8 Å². The molecule has 0 spiro atoms. The van der Waals surface area contributed by atoms with Crippen molar-refractivity contribution in [2.24, 2.45) is 5.92 Å². The summed E-state index contributed by atoms with van der Waals surface area (Å²) in [4.78, 5) is 18.5. The fourth-order valence-corrected chi connectivity index (χ4v) is 3.09. The van der Waals surface area contributed by atoms with Gasteiger partial charge in [-0.25, -0.2) is 9.50 Å². The number of hydrogen-bond acceptors (Lipinski definition) is 4. The van der Waals surface area contributed by atoms with Crippen molar-refractivity contribution in [1.29, 1.82) is 0 Å². The van der Waals surface area contributed by atoms with E-state index in [-0.39, 0.29) is 0 Å². The molecule has 2 aromatic rings. The van der Waals surface area contributed by atoms with Crippen LogP contribution in [0.4, 0.5) is 0 Å². The number of carbonyl (C=O) groups excluding carboxylic acids is 1. The smallest absolute Gasteiger partial charge is 0.225 e. The molecule has 0 atom stereocenters. The average Bonchev–Trinajstić information content (AvgIpc) is 3.30. The highest BCUT2D eigenvalue weighted by molar-refractivity contribution is 5.81. The average molecular weight is 299 g/mol. The Labute approximate surface area is 129 Å². The standard InChI is InChI=1S/C16H21N5O/c22-16(13-1-2-13)20-7-4-14(5-8-20)17-9-12-10-18-15-3-6-19-21(15)11-12/h3,6,10-11,13-14,17H,1-2,4-5,7-9H2. The molecule has 1 aliphatic heterocycles. The maximum atomic E-state index is 12.0. The number of piperidine rings is 1. The fourth-order valence-electron chi connectivity index (χ4n) is 3.09. The molecule has 2 aliphatic rings. The van der Waals surface area contributed by atoms with Crippen molar-refractivity contribution in [3.8, 4) is 0 Å². The highest BCUT2D eigenvalue weighted by atomic mass is 16.2. The highest BCUT2D eigenvalue weighted by Crippen LogP contribution is 2.31. The number of fused-ring (bicyclic) bond motifs is 1. The van der Waals surface area contributed by atoms with Crippen LogP contribution in [0.3, 0.4) is 0 Å². The first-order chi connectivity index (χ1) is 10.8. The molecule has 1 aliphatic carbocycles. The first-order valence-corrected chi connectivity index (χ1v) is 8.10. The van der Waals surface area contributed by atoms with E-state index < -0.39 is 0 Å². The van der Waals surface area contributed by atoms with Gasteiger partial charge in [-0.1, -0.05) is 0 Å². The summed E-state index contributed by atoms with van der Waals surface area (Å²) in [5, 5.41) is 7.79. The third kappa shape index (κ3) is 2.83. The Morgan fingerprint density at radius 3 is 2.86 bits per heavy atom. The molecule has 2 fully saturated rings. The van der Waals surface area contributed by atoms with Gasteiger partial charge >= 0.3 is 0 Å². The van der Waals surface area contributed by atoms with E-state index in [1.54, 1.807) is 10.7 Å². The second-order valence-corrected chi connectivity index (χ2v) is 6.35. The second kappa shape index (κ2) is 5.68. The van der Waals surface area contributed by atoms with Crippen molar-refractivity contribution in [2.75, 3.05) is 13.1 Å². The lowest BCUT2D eigenvalue weighted by molar-refractivity contribution is -0.133. The summed E-state index contributed by atoms with van der Waals surface area (Å²) in [5.74, 6) is 0.725. The Balaban J connectivity index is 1.28. The largest absolute Gasteiger partial charge is 0.342 e. The van der Waals surface area contributed by atoms with E-state index in [1.165, 1.54) is 0 Å². The van der Waals surface area contributed by atoms with Gasteiger partial charge in [0, 0.05) is 55.6 Å². The molecular weight excluding hydrogens is 278 g/mol. The number of nitrogens with zero attached hydrogens (tertiary/aromatic N) is 4. The molecule has 4 rings (SSSR count). The van der Waals surface area contributed by atoms with Crippen LogP contribution in [0.1, 0.15) is 31.2 Å². The van der Waals surface area contributed by atoms with Gasteiger partial charge in [0.15, 0.2) is 5.65 Å². The lowest BCUT2D eigenvalue weighted by atomic mass is 10.0. The zero-order valence-electron chi connectivity index (χ0n) is 12.6. The summed E-state index contributed by atoms with van der Waals surface area (Å²) >= 11 is 0. The van der Waals surface area contributed by atoms with E-state index in [0.717, 1.165) is 56.5 Å². The van der Waals surface area contributed by atoms with Crippen LogP contribution >= 0.6 is 0 Å². The van der Waals surface area contributed by atoms with Crippen LogP contribution in [0.15, 0.2) is 24.7 Å². The summed E-state index contributed by atoms with van der Waals surface area (Å²) < 4.78 is 1.80. The van der Waals surface area contributed by atoms with Crippen molar-refractivity contribution in [3.63, 3.8) is 0 Å². The summed E-state index contributed by atoms with van der Waals surface area (Å²) in [7, 11) is 0. The first kappa shape index (κ1) is 13.7. The van der Waals surface area contributed by atoms with Crippen LogP contribution in [0.2, 0.25) is 0 Å². The lowest BCUT2D eigenvalue weighted by Gasteiger charge is -2.32. The first-order valence-electron chi connectivity index (χ1n) is 8.10. The normalized spacial score (nSPS) is 19.7. The van der Waals surface area contributed by atoms with E-state index in [9.17, 15) is 4.79 Å². The van der Waals surface area contributed by atoms with Gasteiger partial charge in [-0.05, 0) is 25.7 Å². The molecule has 2 aromatic heterocycles. The van der Waals surface area contributed by atoms with Crippen molar-refractivity contribution < 1.29 is 4.79 Å². The molecule has 6 nitrogen and oxygen atoms in total. The molecule has 1 saturated carbocycles. The van der Waals surface area contributed by atoms with Crippen LogP contribution in [-0.4, -0.2) is 44.5 Å². The predicted molar refractivity (Wildman–Crippen MR) is 82.2 cm³/mol. The Morgan fingerprint density at radius 2 is 2.09 bits per heavy atom. The molecule has 116 valence electrons. The Morgan fingerprint density at radius 1 is 1.27 bits per heavy atom. The maximum absolute atomic E-state index is 12.0. The van der Waals surface area contributed by atoms with E-state index in [1.807, 2.05) is 23.4 Å². The van der Waals surface area contributed by atoms with Gasteiger partial charge in [-0.15, -0.1) is 0 Å². The van der Waals surface area contributed by atoms with Gasteiger partial charge in [0.25, 0.3) is 0 Å². The monoisotopic (exact) mass is 299 g/mol. The van der Waals surface area contributed by atoms with E-state index in [4.69, 9.17) is 0 Å². The van der Waals surface area contributed by atoms with Crippen LogP contribution in [0.5, 0.6) is 0 Å². The van der Waals surface area contributed by atoms with E-state index in [2.05, 4.69) is 15.4 Å². The summed E-state index contributed by atoms with van der Waals surface area (Å²) in [6, 6.07) is 2.38. The summed E-state index contributed by atoms with van der Waals surface area (Å²) in [6.45, 7) is 2.58. The van der Waals surface area contributed by atoms with Gasteiger partial charge < -0.3 is 10.2 Å². The van der Waals surface area contributed by atoms with Crippen LogP contribution < -0.4 is 5.32 Å². The second-order valence-electron chi connectivity index (χ2n) is 6.35. The van der Waals surface area contributed by atoms with Gasteiger partial charge in [-0.3, -0.25) is 4.79 Å². The SMILES string of the molecule is O=C(C1CC1)N1CCC(NCc2cnc3ccnn3c2)CC1. The van der Waals surface area contributed by atoms with Gasteiger partial charge in [0.05, 0.1) is 6.20 Å². The van der Waals surface area contributed by atoms with E-state index in [0.29, 0.717) is 17.9 Å². The summed E-state index contributed by atoms with van der Waals surface area (Å²) in [6.07, 6.45) is 9.94. The van der Waals surface area contributed by atoms with Crippen molar-refractivity contribution in [2.45, 2.75) is 38.3 Å². The molecule has 1 N–H and O–H groups in total. The Kier molecular flexibility index (Phi) is 3.54. The highest BCUT2D eigenvalue weighted by Gasteiger charge is 2.34. The molecule has 1 amide bonds. The minimum Gasteiger partial charge on any atom is -0.342 e. The molecular formula is C16H21N5O. The number of carbonyl (C=O) groups is 1. The number of likely N-dealkylation sites (tertiary alicyclic amines) is 1. The molecule has 3 heterocycles. The van der Waals surface area contributed by atoms with Gasteiger partial charge in [0.1, 0.15) is 0 Å². The van der Waals surface area contributed by atoms with Crippen LogP contribution in [-0.2, 0) is 11.3 Å². The third-order valence-electron chi connectivity index (χ3n) is 4.63. The minimum absolute atomic E-state index is 0.344. The molecule has 6 heteroatoms. The van der Waals surface area contributed by atoms with Gasteiger partial charge in [0.2, 0.25) is 5.91 Å². The molecule has 22 heavy (non-hydrogen) atoms. The Bertz CT molecular complexity index is 670. The quantitative estimate of drug-likeness (QED) is 0.922. The van der Waals surface area contributed by atoms with Gasteiger partial charge in [-0.2, -0.15) is 5.10 Å². The number of amides is 1. The third-order valence-corrected chi connectivity index (χ3v) is 4.63. The zero-order chi connectivity index (χ0) is 14.9. The summed E-state index contributed by atoms with van der Waals surface area (Å²) in [5.41, 5.74) is 2.00. The number of rotatable bonds is 4. The number of aromatic nitrogens is 3. The molecule has 0 bridgehead atoms. The molecule has 0 aromatic carbocycles. The zero-order valence-corrected chi connectivity index (χ0v) is 12.6. The van der Waals surface area contributed by atoms with Crippen LogP contribution in [0, 0.1) is 5.92 Å². The fraction of sp³-hybridized carbons (Fsp3) is 0.562. The van der Waals surface area contributed by atoms with E-state index >= 15 is 0 Å². The topological polar surface area (TPSA) is 62.5 Å². The minimum atomic E-state index is 0.344. The van der Waals surface area contributed by atoms with Crippen molar-refractivity contribution in [3.05, 3.63) is 30.2 Å². The predicted octanol–water partition coefficient (Wildman–Crippen LogP) is 1.22. The lowest BCUT2D eigenvalue weighted by Crippen LogP contribution is -2.45. The maximum Gasteiger partial charge on any atom is 0.225 e. The molecule has 1 saturated heterocycles. The number of nitrogens with one attached hydrogen (secondary N) is 1. The molecule has 0 radical (unpaired) electrons. The van der Waals surface area contributed by atoms with Crippen LogP contribution in [0.25, 0.3) is 5.65 Å². The van der Waals surface area contributed by atoms with Crippen molar-refractivity contribution >= 4 is 11.6 Å².